The average molecular weight is 325 g/mol. The van der Waals surface area contributed by atoms with Crippen molar-refractivity contribution in [1.29, 1.82) is 0 Å². The number of carboxylic acid groups (broad SMARTS) is 1. The van der Waals surface area contributed by atoms with Crippen molar-refractivity contribution < 1.29 is 28.2 Å². The Morgan fingerprint density at radius 1 is 1.13 bits per heavy atom. The predicted octanol–water partition coefficient (Wildman–Crippen LogP) is 2.95. The largest absolute Gasteiger partial charge is 0.480 e. The van der Waals surface area contributed by atoms with Gasteiger partial charge in [0.1, 0.15) is 12.1 Å². The van der Waals surface area contributed by atoms with Crippen molar-refractivity contribution in [3.05, 3.63) is 35.9 Å². The molecule has 2 aliphatic carbocycles. The number of ether oxygens (including phenoxy) is 1. The summed E-state index contributed by atoms with van der Waals surface area (Å²) in [5.74, 6) is -3.92. The molecule has 0 unspecified atom stereocenters. The van der Waals surface area contributed by atoms with E-state index in [0.717, 1.165) is 5.56 Å². The molecule has 2 saturated carbocycles. The van der Waals surface area contributed by atoms with Crippen molar-refractivity contribution in [1.82, 2.24) is 5.32 Å². The summed E-state index contributed by atoms with van der Waals surface area (Å²) < 4.78 is 31.0. The summed E-state index contributed by atoms with van der Waals surface area (Å²) in [7, 11) is 0. The van der Waals surface area contributed by atoms with Crippen LogP contribution in [-0.4, -0.2) is 28.6 Å². The second kappa shape index (κ2) is 5.18. The molecule has 7 heteroatoms. The molecular formula is C16H17F2NO4. The molecule has 0 aliphatic heterocycles. The summed E-state index contributed by atoms with van der Waals surface area (Å²) in [6.07, 6.45) is -1.43. The first kappa shape index (κ1) is 15.7. The van der Waals surface area contributed by atoms with E-state index in [0.29, 0.717) is 0 Å². The van der Waals surface area contributed by atoms with Crippen LogP contribution in [-0.2, 0) is 16.1 Å². The second-order valence-electron chi connectivity index (χ2n) is 6.64. The summed E-state index contributed by atoms with van der Waals surface area (Å²) >= 11 is 0. The summed E-state index contributed by atoms with van der Waals surface area (Å²) in [5, 5.41) is 11.7. The van der Waals surface area contributed by atoms with Crippen molar-refractivity contribution in [2.45, 2.75) is 43.8 Å². The van der Waals surface area contributed by atoms with Gasteiger partial charge in [0, 0.05) is 12.8 Å². The standard InChI is InChI=1S/C16H17F2NO4/c17-16(18)9-14(10-16)7-15(8-14,12(20)21)19-13(22)23-6-11-4-2-1-3-5-11/h1-5H,6-10H2,(H,19,22)(H,20,21). The van der Waals surface area contributed by atoms with Crippen LogP contribution in [0.5, 0.6) is 0 Å². The van der Waals surface area contributed by atoms with Gasteiger partial charge in [-0.2, -0.15) is 0 Å². The zero-order valence-corrected chi connectivity index (χ0v) is 12.4. The number of carbonyl (C=O) groups excluding carboxylic acids is 1. The molecule has 23 heavy (non-hydrogen) atoms. The number of benzene rings is 1. The smallest absolute Gasteiger partial charge is 0.408 e. The van der Waals surface area contributed by atoms with E-state index in [1.807, 2.05) is 6.07 Å². The SMILES string of the molecule is O=C(NC1(C(=O)O)CC2(CC(F)(F)C2)C1)OCc1ccccc1. The zero-order valence-electron chi connectivity index (χ0n) is 12.4. The Bertz CT molecular complexity index is 616. The number of carbonyl (C=O) groups is 2. The molecule has 2 aliphatic rings. The molecule has 0 aromatic heterocycles. The van der Waals surface area contributed by atoms with Crippen LogP contribution in [0.4, 0.5) is 13.6 Å². The highest BCUT2D eigenvalue weighted by molar-refractivity contribution is 5.86. The van der Waals surface area contributed by atoms with Gasteiger partial charge in [0.05, 0.1) is 0 Å². The van der Waals surface area contributed by atoms with Crippen LogP contribution >= 0.6 is 0 Å². The summed E-state index contributed by atoms with van der Waals surface area (Å²) in [6.45, 7) is 0.0194. The third-order valence-corrected chi connectivity index (χ3v) is 4.58. The fraction of sp³-hybridized carbons (Fsp3) is 0.500. The van der Waals surface area contributed by atoms with Gasteiger partial charge >= 0.3 is 12.1 Å². The van der Waals surface area contributed by atoms with Crippen LogP contribution in [0.1, 0.15) is 31.2 Å². The van der Waals surface area contributed by atoms with Crippen LogP contribution in [0.25, 0.3) is 0 Å². The molecule has 5 nitrogen and oxygen atoms in total. The highest BCUT2D eigenvalue weighted by atomic mass is 19.3. The summed E-state index contributed by atoms with van der Waals surface area (Å²) in [5.41, 5.74) is -1.38. The van der Waals surface area contributed by atoms with Gasteiger partial charge in [0.15, 0.2) is 0 Å². The number of halogens is 2. The lowest BCUT2D eigenvalue weighted by atomic mass is 9.47. The van der Waals surface area contributed by atoms with Gasteiger partial charge in [-0.05, 0) is 23.8 Å². The van der Waals surface area contributed by atoms with Crippen molar-refractivity contribution in [2.24, 2.45) is 5.41 Å². The Hall–Kier alpha value is -2.18. The van der Waals surface area contributed by atoms with Gasteiger partial charge in [0.2, 0.25) is 5.92 Å². The second-order valence-corrected chi connectivity index (χ2v) is 6.64. The molecule has 2 fully saturated rings. The van der Waals surface area contributed by atoms with E-state index < -0.39 is 28.9 Å². The Kier molecular flexibility index (Phi) is 3.54. The molecule has 124 valence electrons. The van der Waals surface area contributed by atoms with E-state index in [4.69, 9.17) is 4.74 Å². The van der Waals surface area contributed by atoms with Crippen molar-refractivity contribution >= 4 is 12.1 Å². The van der Waals surface area contributed by atoms with Crippen molar-refractivity contribution in [3.63, 3.8) is 0 Å². The first-order valence-electron chi connectivity index (χ1n) is 7.35. The third-order valence-electron chi connectivity index (χ3n) is 4.58. The van der Waals surface area contributed by atoms with Gasteiger partial charge in [-0.15, -0.1) is 0 Å². The maximum atomic E-state index is 13.0. The number of hydrogen-bond donors (Lipinski definition) is 2. The molecule has 2 N–H and O–H groups in total. The number of hydrogen-bond acceptors (Lipinski definition) is 3. The fourth-order valence-corrected chi connectivity index (χ4v) is 3.77. The third kappa shape index (κ3) is 3.00. The van der Waals surface area contributed by atoms with E-state index >= 15 is 0 Å². The summed E-state index contributed by atoms with van der Waals surface area (Å²) in [4.78, 5) is 23.3. The monoisotopic (exact) mass is 325 g/mol. The lowest BCUT2D eigenvalue weighted by Crippen LogP contribution is -2.71. The molecule has 1 amide bonds. The fourth-order valence-electron chi connectivity index (χ4n) is 3.77. The van der Waals surface area contributed by atoms with E-state index in [1.165, 1.54) is 0 Å². The maximum Gasteiger partial charge on any atom is 0.408 e. The molecule has 0 heterocycles. The van der Waals surface area contributed by atoms with Gasteiger partial charge < -0.3 is 15.2 Å². The molecular weight excluding hydrogens is 308 g/mol. The minimum Gasteiger partial charge on any atom is -0.480 e. The zero-order chi connectivity index (χ0) is 16.7. The van der Waals surface area contributed by atoms with Gasteiger partial charge in [-0.25, -0.2) is 18.4 Å². The minimum absolute atomic E-state index is 0.0192. The number of rotatable bonds is 4. The highest BCUT2D eigenvalue weighted by Crippen LogP contribution is 2.65. The molecule has 1 aromatic carbocycles. The number of carboxylic acids is 1. The predicted molar refractivity (Wildman–Crippen MR) is 76.0 cm³/mol. The highest BCUT2D eigenvalue weighted by Gasteiger charge is 2.69. The molecule has 0 bridgehead atoms. The summed E-state index contributed by atoms with van der Waals surface area (Å²) in [6, 6.07) is 8.96. The first-order valence-corrected chi connectivity index (χ1v) is 7.35. The lowest BCUT2D eigenvalue weighted by molar-refractivity contribution is -0.220. The molecule has 0 radical (unpaired) electrons. The molecule has 0 atom stereocenters. The van der Waals surface area contributed by atoms with Crippen molar-refractivity contribution in [2.75, 3.05) is 0 Å². The van der Waals surface area contributed by atoms with Gasteiger partial charge in [-0.3, -0.25) is 0 Å². The lowest BCUT2D eigenvalue weighted by Gasteiger charge is -2.60. The van der Waals surface area contributed by atoms with E-state index in [1.54, 1.807) is 24.3 Å². The topological polar surface area (TPSA) is 75.6 Å². The normalized spacial score (nSPS) is 22.5. The average Bonchev–Trinajstić information content (AvgIpc) is 2.42. The van der Waals surface area contributed by atoms with E-state index in [2.05, 4.69) is 5.32 Å². The molecule has 1 spiro atoms. The van der Waals surface area contributed by atoms with Crippen LogP contribution in [0.2, 0.25) is 0 Å². The Morgan fingerprint density at radius 3 is 2.26 bits per heavy atom. The molecule has 3 rings (SSSR count). The molecule has 0 saturated heterocycles. The maximum absolute atomic E-state index is 13.0. The Labute approximate surface area is 131 Å². The van der Waals surface area contributed by atoms with E-state index in [-0.39, 0.29) is 32.3 Å². The molecule has 1 aromatic rings. The number of alkyl carbamates (subject to hydrolysis) is 1. The minimum atomic E-state index is -2.71. The first-order chi connectivity index (χ1) is 10.7. The van der Waals surface area contributed by atoms with Crippen LogP contribution in [0, 0.1) is 5.41 Å². The van der Waals surface area contributed by atoms with Gasteiger partial charge in [-0.1, -0.05) is 30.3 Å². The van der Waals surface area contributed by atoms with Crippen LogP contribution in [0.3, 0.4) is 0 Å². The number of nitrogens with one attached hydrogen (secondary N) is 1. The Balaban J connectivity index is 1.55. The number of amides is 1. The quantitative estimate of drug-likeness (QED) is 0.892. The van der Waals surface area contributed by atoms with Crippen LogP contribution in [0.15, 0.2) is 30.3 Å². The van der Waals surface area contributed by atoms with Crippen molar-refractivity contribution in [3.8, 4) is 0 Å². The van der Waals surface area contributed by atoms with Gasteiger partial charge in [0.25, 0.3) is 0 Å². The number of aliphatic carboxylic acids is 1. The Morgan fingerprint density at radius 2 is 1.74 bits per heavy atom. The number of alkyl halides is 2. The van der Waals surface area contributed by atoms with E-state index in [9.17, 15) is 23.5 Å². The van der Waals surface area contributed by atoms with Crippen LogP contribution < -0.4 is 5.32 Å².